The fourth-order valence-electron chi connectivity index (χ4n) is 2.81. The van der Waals surface area contributed by atoms with Gasteiger partial charge in [0.05, 0.1) is 0 Å². The van der Waals surface area contributed by atoms with Gasteiger partial charge in [-0.1, -0.05) is 20.8 Å². The normalized spacial score (nSPS) is 22.1. The molecule has 108 valence electrons. The molecule has 0 spiro atoms. The van der Waals surface area contributed by atoms with E-state index in [4.69, 9.17) is 4.42 Å². The monoisotopic (exact) mass is 290 g/mol. The molecule has 2 aromatic rings. The molecule has 20 heavy (non-hydrogen) atoms. The molecular weight excluding hydrogens is 268 g/mol. The molecule has 1 atom stereocenters. The highest BCUT2D eigenvalue weighted by Crippen LogP contribution is 2.35. The number of oxazole rings is 1. The third kappa shape index (κ3) is 2.95. The second kappa shape index (κ2) is 5.32. The Bertz CT molecular complexity index is 606. The van der Waals surface area contributed by atoms with Gasteiger partial charge in [-0.2, -0.15) is 11.8 Å². The number of hydrogen-bond donors (Lipinski definition) is 1. The third-order valence-electron chi connectivity index (χ3n) is 3.72. The summed E-state index contributed by atoms with van der Waals surface area (Å²) in [4.78, 5) is 4.50. The van der Waals surface area contributed by atoms with Crippen LogP contribution in [0.1, 0.15) is 33.1 Å². The van der Waals surface area contributed by atoms with Crippen molar-refractivity contribution in [3.63, 3.8) is 0 Å². The van der Waals surface area contributed by atoms with Crippen molar-refractivity contribution in [2.24, 2.45) is 5.41 Å². The molecule has 1 aliphatic rings. The number of hydrogen-bond acceptors (Lipinski definition) is 4. The Morgan fingerprint density at radius 1 is 1.45 bits per heavy atom. The summed E-state index contributed by atoms with van der Waals surface area (Å²) in [6.45, 7) is 6.76. The summed E-state index contributed by atoms with van der Waals surface area (Å²) < 4.78 is 5.65. The molecule has 1 N–H and O–H groups in total. The van der Waals surface area contributed by atoms with Gasteiger partial charge in [0.25, 0.3) is 0 Å². The van der Waals surface area contributed by atoms with Gasteiger partial charge in [-0.25, -0.2) is 4.98 Å². The van der Waals surface area contributed by atoms with Crippen LogP contribution in [0.4, 0.5) is 5.69 Å². The number of rotatable bonds is 3. The van der Waals surface area contributed by atoms with E-state index in [9.17, 15) is 0 Å². The number of aromatic nitrogens is 1. The lowest BCUT2D eigenvalue weighted by Crippen LogP contribution is -2.35. The van der Waals surface area contributed by atoms with Crippen molar-refractivity contribution in [3.05, 3.63) is 24.1 Å². The van der Waals surface area contributed by atoms with Crippen molar-refractivity contribution in [1.82, 2.24) is 4.98 Å². The highest BCUT2D eigenvalue weighted by Gasteiger charge is 2.28. The lowest BCUT2D eigenvalue weighted by Gasteiger charge is -2.35. The van der Waals surface area contributed by atoms with Gasteiger partial charge in [0.15, 0.2) is 11.5 Å². The minimum atomic E-state index is 0.425. The van der Waals surface area contributed by atoms with Crippen LogP contribution in [-0.2, 0) is 6.42 Å². The van der Waals surface area contributed by atoms with Crippen LogP contribution in [0.2, 0.25) is 0 Å². The summed E-state index contributed by atoms with van der Waals surface area (Å²) in [6, 6.07) is 6.76. The fraction of sp³-hybridized carbons (Fsp3) is 0.562. The average molecular weight is 290 g/mol. The SMILES string of the molecule is CCc1nc2cc(NC3CSCC(C)(C)C3)ccc2o1. The summed E-state index contributed by atoms with van der Waals surface area (Å²) in [6.07, 6.45) is 2.06. The van der Waals surface area contributed by atoms with E-state index in [2.05, 4.69) is 43.2 Å². The Morgan fingerprint density at radius 3 is 3.05 bits per heavy atom. The van der Waals surface area contributed by atoms with Crippen LogP contribution < -0.4 is 5.32 Å². The quantitative estimate of drug-likeness (QED) is 0.913. The first-order valence-electron chi connectivity index (χ1n) is 7.29. The van der Waals surface area contributed by atoms with E-state index in [1.165, 1.54) is 17.9 Å². The van der Waals surface area contributed by atoms with Crippen LogP contribution in [0, 0.1) is 5.41 Å². The van der Waals surface area contributed by atoms with E-state index in [1.54, 1.807) is 0 Å². The Labute approximate surface area is 124 Å². The molecule has 3 rings (SSSR count). The maximum Gasteiger partial charge on any atom is 0.195 e. The summed E-state index contributed by atoms with van der Waals surface area (Å²) in [5, 5.41) is 3.65. The van der Waals surface area contributed by atoms with E-state index < -0.39 is 0 Å². The maximum absolute atomic E-state index is 5.65. The summed E-state index contributed by atoms with van der Waals surface area (Å²) >= 11 is 2.04. The van der Waals surface area contributed by atoms with Crippen LogP contribution in [0.3, 0.4) is 0 Å². The number of aryl methyl sites for hydroxylation is 1. The molecular formula is C16H22N2OS. The molecule has 0 bridgehead atoms. The van der Waals surface area contributed by atoms with E-state index in [0.29, 0.717) is 11.5 Å². The van der Waals surface area contributed by atoms with Gasteiger partial charge < -0.3 is 9.73 Å². The molecule has 3 nitrogen and oxygen atoms in total. The number of nitrogens with zero attached hydrogens (tertiary/aromatic N) is 1. The van der Waals surface area contributed by atoms with E-state index in [0.717, 1.165) is 29.1 Å². The molecule has 1 aromatic carbocycles. The van der Waals surface area contributed by atoms with Crippen LogP contribution in [0.15, 0.2) is 22.6 Å². The highest BCUT2D eigenvalue weighted by molar-refractivity contribution is 7.99. The fourth-order valence-corrected chi connectivity index (χ4v) is 4.08. The van der Waals surface area contributed by atoms with E-state index in [-0.39, 0.29) is 0 Å². The second-order valence-corrected chi connectivity index (χ2v) is 7.40. The number of thioether (sulfide) groups is 1. The van der Waals surface area contributed by atoms with Crippen LogP contribution >= 0.6 is 11.8 Å². The van der Waals surface area contributed by atoms with Gasteiger partial charge in [-0.05, 0) is 35.8 Å². The molecule has 1 aliphatic heterocycles. The van der Waals surface area contributed by atoms with E-state index in [1.807, 2.05) is 17.8 Å². The number of benzene rings is 1. The first kappa shape index (κ1) is 13.8. The first-order valence-corrected chi connectivity index (χ1v) is 8.45. The molecule has 1 fully saturated rings. The zero-order valence-corrected chi connectivity index (χ0v) is 13.2. The first-order chi connectivity index (χ1) is 9.55. The molecule has 1 aromatic heterocycles. The van der Waals surface area contributed by atoms with Crippen molar-refractivity contribution >= 4 is 28.5 Å². The number of nitrogens with one attached hydrogen (secondary N) is 1. The summed E-state index contributed by atoms with van der Waals surface area (Å²) in [5.74, 6) is 3.25. The van der Waals surface area contributed by atoms with Crippen molar-refractivity contribution in [1.29, 1.82) is 0 Å². The number of fused-ring (bicyclic) bond motifs is 1. The van der Waals surface area contributed by atoms with Gasteiger partial charge in [0.1, 0.15) is 5.52 Å². The predicted octanol–water partition coefficient (Wildman–Crippen LogP) is 4.33. The van der Waals surface area contributed by atoms with Gasteiger partial charge in [-0.15, -0.1) is 0 Å². The van der Waals surface area contributed by atoms with Gasteiger partial charge in [-0.3, -0.25) is 0 Å². The molecule has 2 heterocycles. The largest absolute Gasteiger partial charge is 0.441 e. The van der Waals surface area contributed by atoms with Crippen molar-refractivity contribution in [2.45, 2.75) is 39.7 Å². The van der Waals surface area contributed by atoms with Crippen molar-refractivity contribution < 1.29 is 4.42 Å². The summed E-state index contributed by atoms with van der Waals surface area (Å²) in [5.41, 5.74) is 3.41. The molecule has 0 radical (unpaired) electrons. The second-order valence-electron chi connectivity index (χ2n) is 6.37. The molecule has 0 saturated carbocycles. The minimum Gasteiger partial charge on any atom is -0.441 e. The Balaban J connectivity index is 1.77. The topological polar surface area (TPSA) is 38.1 Å². The smallest absolute Gasteiger partial charge is 0.195 e. The minimum absolute atomic E-state index is 0.425. The lowest BCUT2D eigenvalue weighted by molar-refractivity contribution is 0.358. The van der Waals surface area contributed by atoms with Gasteiger partial charge >= 0.3 is 0 Å². The Kier molecular flexibility index (Phi) is 3.67. The standard InChI is InChI=1S/C16H22N2OS/c1-4-15-18-13-7-11(5-6-14(13)19-15)17-12-8-16(2,3)10-20-9-12/h5-7,12,17H,4,8-10H2,1-3H3. The zero-order chi connectivity index (χ0) is 14.2. The Morgan fingerprint density at radius 2 is 2.30 bits per heavy atom. The van der Waals surface area contributed by atoms with Crippen LogP contribution in [-0.4, -0.2) is 22.5 Å². The average Bonchev–Trinajstić information content (AvgIpc) is 2.79. The summed E-state index contributed by atoms with van der Waals surface area (Å²) in [7, 11) is 0. The molecule has 4 heteroatoms. The molecule has 1 unspecified atom stereocenters. The zero-order valence-electron chi connectivity index (χ0n) is 12.4. The number of anilines is 1. The lowest BCUT2D eigenvalue weighted by atomic mass is 9.88. The van der Waals surface area contributed by atoms with Crippen molar-refractivity contribution in [3.8, 4) is 0 Å². The molecule has 1 saturated heterocycles. The van der Waals surface area contributed by atoms with E-state index >= 15 is 0 Å². The maximum atomic E-state index is 5.65. The van der Waals surface area contributed by atoms with Crippen LogP contribution in [0.25, 0.3) is 11.1 Å². The van der Waals surface area contributed by atoms with Crippen LogP contribution in [0.5, 0.6) is 0 Å². The van der Waals surface area contributed by atoms with Crippen molar-refractivity contribution in [2.75, 3.05) is 16.8 Å². The Hall–Kier alpha value is -1.16. The van der Waals surface area contributed by atoms with Gasteiger partial charge in [0.2, 0.25) is 0 Å². The third-order valence-corrected chi connectivity index (χ3v) is 5.34. The highest BCUT2D eigenvalue weighted by atomic mass is 32.2. The predicted molar refractivity (Wildman–Crippen MR) is 86.5 cm³/mol. The van der Waals surface area contributed by atoms with Gasteiger partial charge in [0, 0.05) is 23.9 Å². The molecule has 0 aliphatic carbocycles. The molecule has 0 amide bonds.